The molecule has 0 bridgehead atoms. The summed E-state index contributed by atoms with van der Waals surface area (Å²) in [6.45, 7) is 5.25. The first kappa shape index (κ1) is 22.9. The van der Waals surface area contributed by atoms with Crippen molar-refractivity contribution in [2.75, 3.05) is 26.2 Å². The second-order valence-corrected chi connectivity index (χ2v) is 7.58. The number of likely N-dealkylation sites (tertiary alicyclic amines) is 1. The zero-order chi connectivity index (χ0) is 18.9. The highest BCUT2D eigenvalue weighted by Gasteiger charge is 2.31. The van der Waals surface area contributed by atoms with E-state index in [-0.39, 0.29) is 35.9 Å². The van der Waals surface area contributed by atoms with Gasteiger partial charge in [0.05, 0.1) is 0 Å². The van der Waals surface area contributed by atoms with Gasteiger partial charge in [0.1, 0.15) is 0 Å². The number of nitrogens with zero attached hydrogens (tertiary/aromatic N) is 3. The number of aromatic nitrogens is 1. The summed E-state index contributed by atoms with van der Waals surface area (Å²) < 4.78 is 0. The largest absolute Gasteiger partial charge is 0.357 e. The first-order chi connectivity index (χ1) is 13.3. The van der Waals surface area contributed by atoms with E-state index in [1.165, 1.54) is 19.3 Å². The van der Waals surface area contributed by atoms with E-state index in [9.17, 15) is 4.79 Å². The lowest BCUT2D eigenvalue weighted by Gasteiger charge is -2.26. The molecule has 1 aliphatic heterocycles. The normalized spacial score (nSPS) is 20.5. The molecule has 0 spiro atoms. The number of rotatable bonds is 6. The number of carbonyl (C=O) groups is 1. The minimum Gasteiger partial charge on any atom is -0.357 e. The van der Waals surface area contributed by atoms with Crippen molar-refractivity contribution in [3.63, 3.8) is 0 Å². The Hall–Kier alpha value is -1.38. The molecular formula is C21H34IN5O. The van der Waals surface area contributed by atoms with Gasteiger partial charge in [0.2, 0.25) is 5.91 Å². The fourth-order valence-corrected chi connectivity index (χ4v) is 4.03. The van der Waals surface area contributed by atoms with Gasteiger partial charge in [-0.3, -0.25) is 14.8 Å². The molecule has 1 aliphatic carbocycles. The first-order valence-electron chi connectivity index (χ1n) is 10.5. The van der Waals surface area contributed by atoms with Crippen molar-refractivity contribution in [2.45, 2.75) is 57.9 Å². The summed E-state index contributed by atoms with van der Waals surface area (Å²) in [4.78, 5) is 23.8. The van der Waals surface area contributed by atoms with E-state index in [1.807, 2.05) is 24.4 Å². The molecule has 2 heterocycles. The molecule has 1 atom stereocenters. The van der Waals surface area contributed by atoms with Crippen LogP contribution in [-0.4, -0.2) is 54.0 Å². The number of guanidine groups is 1. The Kier molecular flexibility index (Phi) is 10.0. The summed E-state index contributed by atoms with van der Waals surface area (Å²) in [7, 11) is 0. The van der Waals surface area contributed by atoms with Gasteiger partial charge in [-0.15, -0.1) is 24.0 Å². The van der Waals surface area contributed by atoms with Gasteiger partial charge < -0.3 is 15.5 Å². The minimum absolute atomic E-state index is 0. The third kappa shape index (κ3) is 6.90. The Morgan fingerprint density at radius 2 is 2.07 bits per heavy atom. The smallest absolute Gasteiger partial charge is 0.225 e. The van der Waals surface area contributed by atoms with Crippen LogP contribution in [0.3, 0.4) is 0 Å². The minimum atomic E-state index is 0. The molecule has 2 fully saturated rings. The fraction of sp³-hybridized carbons (Fsp3) is 0.667. The predicted molar refractivity (Wildman–Crippen MR) is 124 cm³/mol. The lowest BCUT2D eigenvalue weighted by Crippen LogP contribution is -2.45. The molecule has 1 unspecified atom stereocenters. The zero-order valence-corrected chi connectivity index (χ0v) is 19.2. The van der Waals surface area contributed by atoms with Crippen LogP contribution < -0.4 is 10.6 Å². The van der Waals surface area contributed by atoms with Gasteiger partial charge in [0.25, 0.3) is 0 Å². The van der Waals surface area contributed by atoms with Crippen LogP contribution >= 0.6 is 24.0 Å². The number of carbonyl (C=O) groups excluding carboxylic acids is 1. The van der Waals surface area contributed by atoms with E-state index < -0.39 is 0 Å². The van der Waals surface area contributed by atoms with Gasteiger partial charge >= 0.3 is 0 Å². The second kappa shape index (κ2) is 12.2. The number of aliphatic imine (C=N–C) groups is 1. The molecule has 2 aliphatic rings. The molecule has 0 radical (unpaired) electrons. The number of halogens is 1. The quantitative estimate of drug-likeness (QED) is 0.359. The highest BCUT2D eigenvalue weighted by atomic mass is 127. The first-order valence-corrected chi connectivity index (χ1v) is 10.5. The lowest BCUT2D eigenvalue weighted by atomic mass is 9.88. The predicted octanol–water partition coefficient (Wildman–Crippen LogP) is 2.98. The van der Waals surface area contributed by atoms with E-state index in [1.54, 1.807) is 0 Å². The van der Waals surface area contributed by atoms with Crippen molar-refractivity contribution in [3.8, 4) is 0 Å². The summed E-state index contributed by atoms with van der Waals surface area (Å²) in [5.41, 5.74) is 1.06. The van der Waals surface area contributed by atoms with E-state index in [0.717, 1.165) is 57.0 Å². The van der Waals surface area contributed by atoms with Crippen LogP contribution in [0.4, 0.5) is 0 Å². The molecular weight excluding hydrogens is 465 g/mol. The zero-order valence-electron chi connectivity index (χ0n) is 16.9. The average Bonchev–Trinajstić information content (AvgIpc) is 3.17. The summed E-state index contributed by atoms with van der Waals surface area (Å²) in [6, 6.07) is 6.25. The maximum atomic E-state index is 12.7. The highest BCUT2D eigenvalue weighted by Crippen LogP contribution is 2.26. The summed E-state index contributed by atoms with van der Waals surface area (Å²) in [5, 5.41) is 6.83. The van der Waals surface area contributed by atoms with Crippen molar-refractivity contribution in [1.82, 2.24) is 20.5 Å². The average molecular weight is 499 g/mol. The summed E-state index contributed by atoms with van der Waals surface area (Å²) >= 11 is 0. The van der Waals surface area contributed by atoms with E-state index in [2.05, 4.69) is 32.4 Å². The monoisotopic (exact) mass is 499 g/mol. The Morgan fingerprint density at radius 1 is 1.25 bits per heavy atom. The Labute approximate surface area is 186 Å². The number of amides is 1. The van der Waals surface area contributed by atoms with Crippen LogP contribution in [0.1, 0.15) is 51.1 Å². The summed E-state index contributed by atoms with van der Waals surface area (Å²) in [6.07, 6.45) is 9.49. The molecule has 6 nitrogen and oxygen atoms in total. The van der Waals surface area contributed by atoms with Gasteiger partial charge in [0, 0.05) is 56.5 Å². The second-order valence-electron chi connectivity index (χ2n) is 7.58. The Balaban J connectivity index is 0.00000280. The van der Waals surface area contributed by atoms with E-state index in [4.69, 9.17) is 0 Å². The molecule has 1 amide bonds. The van der Waals surface area contributed by atoms with E-state index in [0.29, 0.717) is 12.5 Å². The van der Waals surface area contributed by atoms with Crippen LogP contribution in [0.5, 0.6) is 0 Å². The standard InChI is InChI=1S/C21H33N5O.HI/c1-2-22-21(24-14-11-18-10-6-7-13-23-18)25-19-12-15-26(16-19)20(27)17-8-4-3-5-9-17;/h6-7,10,13,17,19H,2-5,8-9,11-12,14-16H2,1H3,(H2,22,24,25);1H. The van der Waals surface area contributed by atoms with Crippen LogP contribution in [-0.2, 0) is 11.2 Å². The van der Waals surface area contributed by atoms with Crippen molar-refractivity contribution < 1.29 is 4.79 Å². The van der Waals surface area contributed by atoms with Gasteiger partial charge in [-0.05, 0) is 38.3 Å². The van der Waals surface area contributed by atoms with Crippen LogP contribution in [0.15, 0.2) is 29.4 Å². The number of hydrogen-bond acceptors (Lipinski definition) is 3. The lowest BCUT2D eigenvalue weighted by molar-refractivity contribution is -0.135. The van der Waals surface area contributed by atoms with Gasteiger partial charge in [-0.1, -0.05) is 25.3 Å². The highest BCUT2D eigenvalue weighted by molar-refractivity contribution is 14.0. The SMILES string of the molecule is CCNC(=NCCc1ccccn1)NC1CCN(C(=O)C2CCCCC2)C1.I. The molecule has 1 saturated heterocycles. The molecule has 2 N–H and O–H groups in total. The number of pyridine rings is 1. The molecule has 156 valence electrons. The molecule has 1 aromatic heterocycles. The number of nitrogens with one attached hydrogen (secondary N) is 2. The maximum Gasteiger partial charge on any atom is 0.225 e. The fourth-order valence-electron chi connectivity index (χ4n) is 4.03. The third-order valence-electron chi connectivity index (χ3n) is 5.50. The van der Waals surface area contributed by atoms with Gasteiger partial charge in [-0.2, -0.15) is 0 Å². The van der Waals surface area contributed by atoms with Crippen LogP contribution in [0.25, 0.3) is 0 Å². The Morgan fingerprint density at radius 3 is 2.79 bits per heavy atom. The Bertz CT molecular complexity index is 618. The molecule has 1 aromatic rings. The third-order valence-corrected chi connectivity index (χ3v) is 5.50. The summed E-state index contributed by atoms with van der Waals surface area (Å²) in [5.74, 6) is 1.47. The van der Waals surface area contributed by atoms with Gasteiger partial charge in [0.15, 0.2) is 5.96 Å². The van der Waals surface area contributed by atoms with E-state index >= 15 is 0 Å². The van der Waals surface area contributed by atoms with Crippen LogP contribution in [0.2, 0.25) is 0 Å². The molecule has 0 aromatic carbocycles. The molecule has 28 heavy (non-hydrogen) atoms. The van der Waals surface area contributed by atoms with Crippen molar-refractivity contribution in [3.05, 3.63) is 30.1 Å². The maximum absolute atomic E-state index is 12.7. The van der Waals surface area contributed by atoms with Crippen LogP contribution in [0, 0.1) is 5.92 Å². The topological polar surface area (TPSA) is 69.6 Å². The molecule has 3 rings (SSSR count). The van der Waals surface area contributed by atoms with Crippen molar-refractivity contribution in [1.29, 1.82) is 0 Å². The van der Waals surface area contributed by atoms with Gasteiger partial charge in [-0.25, -0.2) is 0 Å². The molecule has 1 saturated carbocycles. The van der Waals surface area contributed by atoms with Crippen molar-refractivity contribution in [2.24, 2.45) is 10.9 Å². The molecule has 7 heteroatoms. The number of hydrogen-bond donors (Lipinski definition) is 2. The van der Waals surface area contributed by atoms with Crippen molar-refractivity contribution >= 4 is 35.8 Å².